The number of ether oxygens (including phenoxy) is 1. The summed E-state index contributed by atoms with van der Waals surface area (Å²) in [6.45, 7) is 7.37. The van der Waals surface area contributed by atoms with Crippen molar-refractivity contribution in [3.63, 3.8) is 0 Å². The molecule has 0 amide bonds. The van der Waals surface area contributed by atoms with Gasteiger partial charge in [0.2, 0.25) is 0 Å². The molecule has 2 aromatic rings. The van der Waals surface area contributed by atoms with Crippen LogP contribution in [-0.4, -0.2) is 34.3 Å². The van der Waals surface area contributed by atoms with Crippen LogP contribution in [0.5, 0.6) is 5.75 Å². The maximum atomic E-state index is 10.8. The minimum absolute atomic E-state index is 0.226. The van der Waals surface area contributed by atoms with Crippen LogP contribution in [0.4, 0.5) is 0 Å². The maximum absolute atomic E-state index is 10.8. The number of benzene rings is 1. The highest BCUT2D eigenvalue weighted by Crippen LogP contribution is 2.22. The Hall–Kier alpha value is -3.15. The molecule has 0 saturated heterocycles. The lowest BCUT2D eigenvalue weighted by Crippen LogP contribution is -2.10. The average molecular weight is 342 g/mol. The number of carboxylic acids is 1. The lowest BCUT2D eigenvalue weighted by Gasteiger charge is -2.01. The third-order valence-corrected chi connectivity index (χ3v) is 3.06. The van der Waals surface area contributed by atoms with Gasteiger partial charge >= 0.3 is 5.97 Å². The van der Waals surface area contributed by atoms with Crippen molar-refractivity contribution in [1.82, 2.24) is 9.78 Å². The van der Waals surface area contributed by atoms with Gasteiger partial charge in [0.05, 0.1) is 12.6 Å². The van der Waals surface area contributed by atoms with Crippen LogP contribution in [0.2, 0.25) is 0 Å². The smallest absolute Gasteiger partial charge is 0.325 e. The molecule has 0 radical (unpaired) electrons. The van der Waals surface area contributed by atoms with E-state index in [4.69, 9.17) is 9.84 Å². The number of nitrogens with zero attached hydrogens (tertiary/aromatic N) is 2. The number of aldehydes is 1. The standard InChI is InChI=1S/C11H10N2O4.C8H12/c1-17-7-2-3-8-9(6-14)12-13(5-11(15)16)10(8)4-7;1-4-5-6-7-8(2)3/h2-4,6H,5H2,1H3,(H,15,16);4-7H,1H2,2-3H3/b;6-5-. The van der Waals surface area contributed by atoms with Gasteiger partial charge in [0.25, 0.3) is 0 Å². The summed E-state index contributed by atoms with van der Waals surface area (Å²) >= 11 is 0. The van der Waals surface area contributed by atoms with E-state index < -0.39 is 5.97 Å². The summed E-state index contributed by atoms with van der Waals surface area (Å²) in [5.41, 5.74) is 2.10. The van der Waals surface area contributed by atoms with E-state index in [-0.39, 0.29) is 12.2 Å². The maximum Gasteiger partial charge on any atom is 0.325 e. The Kier molecular flexibility index (Phi) is 7.86. The highest BCUT2D eigenvalue weighted by Gasteiger charge is 2.12. The van der Waals surface area contributed by atoms with E-state index in [0.29, 0.717) is 22.9 Å². The number of methoxy groups -OCH3 is 1. The molecule has 6 nitrogen and oxygen atoms in total. The van der Waals surface area contributed by atoms with Gasteiger partial charge in [0, 0.05) is 11.5 Å². The summed E-state index contributed by atoms with van der Waals surface area (Å²) in [5, 5.41) is 13.3. The van der Waals surface area contributed by atoms with Crippen molar-refractivity contribution in [3.8, 4) is 5.75 Å². The normalized spacial score (nSPS) is 10.0. The van der Waals surface area contributed by atoms with Gasteiger partial charge in [-0.3, -0.25) is 14.3 Å². The first kappa shape index (κ1) is 19.9. The number of carbonyl (C=O) groups is 2. The molecular formula is C19H22N2O4. The van der Waals surface area contributed by atoms with Crippen LogP contribution >= 0.6 is 0 Å². The van der Waals surface area contributed by atoms with Gasteiger partial charge in [-0.15, -0.1) is 0 Å². The van der Waals surface area contributed by atoms with E-state index in [1.165, 1.54) is 17.4 Å². The molecular weight excluding hydrogens is 320 g/mol. The number of carbonyl (C=O) groups excluding carboxylic acids is 1. The van der Waals surface area contributed by atoms with Gasteiger partial charge < -0.3 is 9.84 Å². The highest BCUT2D eigenvalue weighted by molar-refractivity contribution is 5.96. The number of hydrogen-bond acceptors (Lipinski definition) is 4. The van der Waals surface area contributed by atoms with Gasteiger partial charge in [-0.05, 0) is 26.0 Å². The van der Waals surface area contributed by atoms with Crippen molar-refractivity contribution in [2.75, 3.05) is 7.11 Å². The van der Waals surface area contributed by atoms with Gasteiger partial charge in [0.1, 0.15) is 18.0 Å². The van der Waals surface area contributed by atoms with Crippen LogP contribution in [0.15, 0.2) is 54.7 Å². The zero-order chi connectivity index (χ0) is 18.8. The lowest BCUT2D eigenvalue weighted by atomic mass is 10.2. The number of hydrogen-bond donors (Lipinski definition) is 1. The third-order valence-electron chi connectivity index (χ3n) is 3.06. The Bertz CT molecular complexity index is 812. The van der Waals surface area contributed by atoms with Gasteiger partial charge in [-0.2, -0.15) is 5.10 Å². The molecule has 6 heteroatoms. The van der Waals surface area contributed by atoms with E-state index in [2.05, 4.69) is 25.5 Å². The molecule has 1 aromatic heterocycles. The van der Waals surface area contributed by atoms with Crippen LogP contribution < -0.4 is 4.74 Å². The number of rotatable bonds is 6. The van der Waals surface area contributed by atoms with Crippen LogP contribution in [0.3, 0.4) is 0 Å². The van der Waals surface area contributed by atoms with E-state index in [9.17, 15) is 9.59 Å². The zero-order valence-corrected chi connectivity index (χ0v) is 14.6. The number of carboxylic acid groups (broad SMARTS) is 1. The minimum atomic E-state index is -1.02. The summed E-state index contributed by atoms with van der Waals surface area (Å²) in [5.74, 6) is -0.434. The van der Waals surface area contributed by atoms with Crippen molar-refractivity contribution >= 4 is 23.2 Å². The summed E-state index contributed by atoms with van der Waals surface area (Å²) in [4.78, 5) is 21.5. The number of fused-ring (bicyclic) bond motifs is 1. The van der Waals surface area contributed by atoms with Gasteiger partial charge in [0.15, 0.2) is 6.29 Å². The summed E-state index contributed by atoms with van der Waals surface area (Å²) in [6.07, 6.45) is 8.30. The van der Waals surface area contributed by atoms with Crippen molar-refractivity contribution in [2.45, 2.75) is 20.4 Å². The Morgan fingerprint density at radius 2 is 2.08 bits per heavy atom. The van der Waals surface area contributed by atoms with Crippen molar-refractivity contribution in [1.29, 1.82) is 0 Å². The van der Waals surface area contributed by atoms with Crippen LogP contribution in [-0.2, 0) is 11.3 Å². The van der Waals surface area contributed by atoms with Crippen molar-refractivity contribution in [3.05, 3.63) is 60.3 Å². The monoisotopic (exact) mass is 342 g/mol. The zero-order valence-electron chi connectivity index (χ0n) is 14.6. The second kappa shape index (κ2) is 9.87. The van der Waals surface area contributed by atoms with Crippen LogP contribution in [0.25, 0.3) is 10.9 Å². The minimum Gasteiger partial charge on any atom is -0.497 e. The predicted molar refractivity (Wildman–Crippen MR) is 98.1 cm³/mol. The predicted octanol–water partition coefficient (Wildman–Crippen LogP) is 3.64. The molecule has 0 aliphatic rings. The SMILES string of the molecule is C=C/C=C\C=C(C)C.COc1ccc2c(C=O)nn(CC(=O)O)c2c1. The molecule has 0 saturated carbocycles. The van der Waals surface area contributed by atoms with Crippen molar-refractivity contribution in [2.24, 2.45) is 0 Å². The molecule has 0 atom stereocenters. The first-order valence-corrected chi connectivity index (χ1v) is 7.57. The van der Waals surface area contributed by atoms with Crippen molar-refractivity contribution < 1.29 is 19.4 Å². The first-order valence-electron chi connectivity index (χ1n) is 7.57. The number of aliphatic carboxylic acids is 1. The molecule has 0 aliphatic carbocycles. The molecule has 1 N–H and O–H groups in total. The summed E-state index contributed by atoms with van der Waals surface area (Å²) in [7, 11) is 1.51. The fourth-order valence-corrected chi connectivity index (χ4v) is 1.97. The largest absolute Gasteiger partial charge is 0.497 e. The Morgan fingerprint density at radius 1 is 1.36 bits per heavy atom. The highest BCUT2D eigenvalue weighted by atomic mass is 16.5. The average Bonchev–Trinajstić information content (AvgIpc) is 2.91. The topological polar surface area (TPSA) is 81.4 Å². The van der Waals surface area contributed by atoms with E-state index in [1.807, 2.05) is 18.2 Å². The first-order chi connectivity index (χ1) is 11.9. The molecule has 0 fully saturated rings. The molecule has 1 heterocycles. The molecule has 132 valence electrons. The number of aromatic nitrogens is 2. The van der Waals surface area contributed by atoms with E-state index >= 15 is 0 Å². The molecule has 25 heavy (non-hydrogen) atoms. The Morgan fingerprint density at radius 3 is 2.60 bits per heavy atom. The molecule has 0 spiro atoms. The van der Waals surface area contributed by atoms with Crippen LogP contribution in [0, 0.1) is 0 Å². The van der Waals surface area contributed by atoms with E-state index in [0.717, 1.165) is 0 Å². The summed E-state index contributed by atoms with van der Waals surface area (Å²) < 4.78 is 6.32. The molecule has 2 rings (SSSR count). The van der Waals surface area contributed by atoms with Gasteiger partial charge in [-0.1, -0.05) is 36.5 Å². The van der Waals surface area contributed by atoms with E-state index in [1.54, 1.807) is 24.3 Å². The van der Waals surface area contributed by atoms with Crippen LogP contribution in [0.1, 0.15) is 24.3 Å². The fourth-order valence-electron chi connectivity index (χ4n) is 1.97. The molecule has 0 bridgehead atoms. The van der Waals surface area contributed by atoms with Gasteiger partial charge in [-0.25, -0.2) is 0 Å². The molecule has 1 aromatic carbocycles. The third kappa shape index (κ3) is 6.10. The second-order valence-corrected chi connectivity index (χ2v) is 5.30. The number of allylic oxidation sites excluding steroid dienone is 5. The fraction of sp³-hybridized carbons (Fsp3) is 0.211. The second-order valence-electron chi connectivity index (χ2n) is 5.30. The molecule has 0 unspecified atom stereocenters. The molecule has 0 aliphatic heterocycles. The quantitative estimate of drug-likeness (QED) is 0.640. The lowest BCUT2D eigenvalue weighted by molar-refractivity contribution is -0.137. The Balaban J connectivity index is 0.000000333. The Labute approximate surface area is 146 Å². The summed E-state index contributed by atoms with van der Waals surface area (Å²) in [6, 6.07) is 5.03.